The highest BCUT2D eigenvalue weighted by molar-refractivity contribution is 8.93. The molecular formula is C10H12BrN3O2S. The zero-order chi connectivity index (χ0) is 11.4. The first-order chi connectivity index (χ1) is 7.79. The van der Waals surface area contributed by atoms with E-state index in [1.54, 1.807) is 6.20 Å². The quantitative estimate of drug-likeness (QED) is 0.791. The monoisotopic (exact) mass is 317 g/mol. The summed E-state index contributed by atoms with van der Waals surface area (Å²) in [6, 6.07) is 0. The molecule has 0 bridgehead atoms. The van der Waals surface area contributed by atoms with Crippen LogP contribution in [0.3, 0.4) is 0 Å². The SMILES string of the molecule is Br.COC(=O)CN1C=CC(c2cnns2)=CC1. The highest BCUT2D eigenvalue weighted by Crippen LogP contribution is 2.20. The highest BCUT2D eigenvalue weighted by Gasteiger charge is 2.11. The van der Waals surface area contributed by atoms with E-state index in [9.17, 15) is 4.79 Å². The molecule has 0 saturated carbocycles. The molecule has 1 aromatic rings. The van der Waals surface area contributed by atoms with Crippen LogP contribution < -0.4 is 0 Å². The smallest absolute Gasteiger partial charge is 0.325 e. The average molecular weight is 318 g/mol. The Hall–Kier alpha value is -1.21. The maximum atomic E-state index is 11.1. The van der Waals surface area contributed by atoms with Crippen molar-refractivity contribution >= 4 is 40.1 Å². The van der Waals surface area contributed by atoms with Crippen LogP contribution in [0.25, 0.3) is 5.57 Å². The number of nitrogens with zero attached hydrogens (tertiary/aromatic N) is 3. The molecule has 0 aliphatic carbocycles. The fraction of sp³-hybridized carbons (Fsp3) is 0.300. The molecule has 0 spiro atoms. The lowest BCUT2D eigenvalue weighted by Gasteiger charge is -2.20. The van der Waals surface area contributed by atoms with Gasteiger partial charge in [-0.1, -0.05) is 10.6 Å². The largest absolute Gasteiger partial charge is 0.468 e. The van der Waals surface area contributed by atoms with Gasteiger partial charge in [0.15, 0.2) is 0 Å². The van der Waals surface area contributed by atoms with Gasteiger partial charge in [0.1, 0.15) is 6.54 Å². The first-order valence-electron chi connectivity index (χ1n) is 4.76. The Labute approximate surface area is 114 Å². The van der Waals surface area contributed by atoms with Gasteiger partial charge in [0.05, 0.1) is 18.2 Å². The standard InChI is InChI=1S/C10H11N3O2S.BrH/c1-15-10(14)7-13-4-2-8(3-5-13)9-6-11-12-16-9;/h2-4,6H,5,7H2,1H3;1H. The van der Waals surface area contributed by atoms with Crippen LogP contribution in [0.2, 0.25) is 0 Å². The second-order valence-electron chi connectivity index (χ2n) is 3.26. The van der Waals surface area contributed by atoms with Crippen molar-refractivity contribution < 1.29 is 9.53 Å². The summed E-state index contributed by atoms with van der Waals surface area (Å²) in [5, 5.41) is 3.78. The van der Waals surface area contributed by atoms with Crippen molar-refractivity contribution in [2.24, 2.45) is 0 Å². The van der Waals surface area contributed by atoms with E-state index < -0.39 is 0 Å². The van der Waals surface area contributed by atoms with Gasteiger partial charge in [0.25, 0.3) is 0 Å². The number of hydrogen-bond acceptors (Lipinski definition) is 6. The fourth-order valence-electron chi connectivity index (χ4n) is 1.35. The molecule has 1 aliphatic rings. The van der Waals surface area contributed by atoms with Crippen LogP contribution in [0.15, 0.2) is 24.5 Å². The van der Waals surface area contributed by atoms with Gasteiger partial charge in [-0.15, -0.1) is 22.1 Å². The van der Waals surface area contributed by atoms with E-state index in [0.717, 1.165) is 10.5 Å². The third-order valence-corrected chi connectivity index (χ3v) is 2.93. The Morgan fingerprint density at radius 2 is 2.47 bits per heavy atom. The van der Waals surface area contributed by atoms with Gasteiger partial charge in [-0.2, -0.15) is 0 Å². The average Bonchev–Trinajstić information content (AvgIpc) is 2.83. The van der Waals surface area contributed by atoms with Crippen molar-refractivity contribution in [3.63, 3.8) is 0 Å². The molecule has 0 aromatic carbocycles. The third kappa shape index (κ3) is 3.64. The van der Waals surface area contributed by atoms with E-state index >= 15 is 0 Å². The van der Waals surface area contributed by atoms with E-state index in [0.29, 0.717) is 6.54 Å². The number of halogens is 1. The molecule has 0 radical (unpaired) electrons. The van der Waals surface area contributed by atoms with Crippen LogP contribution in [0, 0.1) is 0 Å². The predicted octanol–water partition coefficient (Wildman–Crippen LogP) is 1.50. The highest BCUT2D eigenvalue weighted by atomic mass is 79.9. The normalized spacial score (nSPS) is 13.9. The number of ether oxygens (including phenoxy) is 1. The maximum Gasteiger partial charge on any atom is 0.325 e. The first-order valence-corrected chi connectivity index (χ1v) is 5.54. The Kier molecular flexibility index (Phi) is 5.30. The summed E-state index contributed by atoms with van der Waals surface area (Å²) in [6.07, 6.45) is 7.60. The first kappa shape index (κ1) is 13.9. The van der Waals surface area contributed by atoms with E-state index in [4.69, 9.17) is 0 Å². The Balaban J connectivity index is 0.00000144. The molecule has 2 rings (SSSR count). The van der Waals surface area contributed by atoms with Crippen molar-refractivity contribution in [2.75, 3.05) is 20.2 Å². The predicted molar refractivity (Wildman–Crippen MR) is 70.9 cm³/mol. The van der Waals surface area contributed by atoms with E-state index in [2.05, 4.69) is 14.3 Å². The summed E-state index contributed by atoms with van der Waals surface area (Å²) in [6.45, 7) is 0.969. The summed E-state index contributed by atoms with van der Waals surface area (Å²) in [4.78, 5) is 14.0. The molecule has 0 atom stereocenters. The van der Waals surface area contributed by atoms with E-state index in [1.165, 1.54) is 18.6 Å². The van der Waals surface area contributed by atoms with Crippen LogP contribution in [-0.4, -0.2) is 40.7 Å². The van der Waals surface area contributed by atoms with Gasteiger partial charge in [-0.25, -0.2) is 0 Å². The second kappa shape index (κ2) is 6.51. The molecule has 17 heavy (non-hydrogen) atoms. The molecule has 7 heteroatoms. The maximum absolute atomic E-state index is 11.1. The lowest BCUT2D eigenvalue weighted by Crippen LogP contribution is -2.27. The number of carbonyl (C=O) groups excluding carboxylic acids is 1. The lowest BCUT2D eigenvalue weighted by atomic mass is 10.1. The van der Waals surface area contributed by atoms with Gasteiger partial charge >= 0.3 is 5.97 Å². The summed E-state index contributed by atoms with van der Waals surface area (Å²) in [5.74, 6) is -0.235. The molecule has 0 fully saturated rings. The molecule has 92 valence electrons. The summed E-state index contributed by atoms with van der Waals surface area (Å²) in [7, 11) is 1.39. The minimum Gasteiger partial charge on any atom is -0.468 e. The van der Waals surface area contributed by atoms with Gasteiger partial charge in [-0.3, -0.25) is 4.79 Å². The molecule has 0 unspecified atom stereocenters. The molecule has 0 amide bonds. The number of rotatable bonds is 3. The van der Waals surface area contributed by atoms with Crippen LogP contribution in [0.4, 0.5) is 0 Å². The number of carbonyl (C=O) groups is 1. The van der Waals surface area contributed by atoms with Crippen LogP contribution >= 0.6 is 28.5 Å². The van der Waals surface area contributed by atoms with Crippen molar-refractivity contribution in [3.8, 4) is 0 Å². The number of methoxy groups -OCH3 is 1. The van der Waals surface area contributed by atoms with Gasteiger partial charge in [-0.05, 0) is 23.2 Å². The zero-order valence-electron chi connectivity index (χ0n) is 9.20. The fourth-order valence-corrected chi connectivity index (χ4v) is 1.89. The van der Waals surface area contributed by atoms with Gasteiger partial charge < -0.3 is 9.64 Å². The number of aromatic nitrogens is 2. The molecule has 0 N–H and O–H groups in total. The van der Waals surface area contributed by atoms with Crippen LogP contribution in [0.1, 0.15) is 4.88 Å². The number of hydrogen-bond donors (Lipinski definition) is 0. The molecule has 1 aromatic heterocycles. The van der Waals surface area contributed by atoms with Crippen LogP contribution in [-0.2, 0) is 9.53 Å². The summed E-state index contributed by atoms with van der Waals surface area (Å²) < 4.78 is 8.41. The molecule has 0 saturated heterocycles. The summed E-state index contributed by atoms with van der Waals surface area (Å²) in [5.41, 5.74) is 1.09. The van der Waals surface area contributed by atoms with E-state index in [-0.39, 0.29) is 29.5 Å². The summed E-state index contributed by atoms with van der Waals surface area (Å²) >= 11 is 1.36. The Morgan fingerprint density at radius 1 is 1.65 bits per heavy atom. The topological polar surface area (TPSA) is 55.3 Å². The van der Waals surface area contributed by atoms with Crippen molar-refractivity contribution in [1.29, 1.82) is 0 Å². The van der Waals surface area contributed by atoms with Crippen molar-refractivity contribution in [3.05, 3.63) is 29.4 Å². The Bertz CT molecular complexity index is 431. The minimum absolute atomic E-state index is 0. The number of esters is 1. The third-order valence-electron chi connectivity index (χ3n) is 2.22. The molecule has 2 heterocycles. The van der Waals surface area contributed by atoms with Gasteiger partial charge in [0, 0.05) is 12.7 Å². The zero-order valence-corrected chi connectivity index (χ0v) is 11.7. The molecular weight excluding hydrogens is 306 g/mol. The lowest BCUT2D eigenvalue weighted by molar-refractivity contribution is -0.141. The minimum atomic E-state index is -0.235. The van der Waals surface area contributed by atoms with Crippen molar-refractivity contribution in [2.45, 2.75) is 0 Å². The van der Waals surface area contributed by atoms with Crippen molar-refractivity contribution in [1.82, 2.24) is 14.5 Å². The Morgan fingerprint density at radius 3 is 3.00 bits per heavy atom. The van der Waals surface area contributed by atoms with E-state index in [1.807, 2.05) is 23.3 Å². The number of allylic oxidation sites excluding steroid dienone is 2. The molecule has 1 aliphatic heterocycles. The molecule has 5 nitrogen and oxygen atoms in total. The second-order valence-corrected chi connectivity index (χ2v) is 4.05. The van der Waals surface area contributed by atoms with Gasteiger partial charge in [0.2, 0.25) is 0 Å². The van der Waals surface area contributed by atoms with Crippen LogP contribution in [0.5, 0.6) is 0 Å².